The fraction of sp³-hybridized carbons (Fsp3) is 0.111. The van der Waals surface area contributed by atoms with E-state index < -0.39 is 5.91 Å². The van der Waals surface area contributed by atoms with Crippen molar-refractivity contribution in [2.75, 3.05) is 18.9 Å². The van der Waals surface area contributed by atoms with E-state index in [0.29, 0.717) is 11.4 Å². The number of aromatic nitrogens is 2. The molecule has 0 aliphatic rings. The Labute approximate surface area is 154 Å². The Morgan fingerprint density at radius 3 is 2.52 bits per heavy atom. The monoisotopic (exact) mass is 367 g/mol. The van der Waals surface area contributed by atoms with Crippen molar-refractivity contribution in [3.8, 4) is 5.69 Å². The van der Waals surface area contributed by atoms with Gasteiger partial charge in [0.15, 0.2) is 5.76 Å². The SMILES string of the molecule is CN(CC(=O)Nc1ccc(-n2ccc(C(N)=O)n2)cc1)C(=O)c1ccco1. The molecule has 0 saturated carbocycles. The van der Waals surface area contributed by atoms with Crippen LogP contribution in [0, 0.1) is 0 Å². The lowest BCUT2D eigenvalue weighted by atomic mass is 10.2. The highest BCUT2D eigenvalue weighted by Crippen LogP contribution is 2.13. The molecule has 9 heteroatoms. The summed E-state index contributed by atoms with van der Waals surface area (Å²) >= 11 is 0. The zero-order chi connectivity index (χ0) is 19.4. The van der Waals surface area contributed by atoms with E-state index in [1.165, 1.54) is 35.0 Å². The highest BCUT2D eigenvalue weighted by Gasteiger charge is 2.17. The maximum absolute atomic E-state index is 12.1. The number of hydrogen-bond acceptors (Lipinski definition) is 5. The Morgan fingerprint density at radius 2 is 1.93 bits per heavy atom. The molecule has 2 aromatic heterocycles. The van der Waals surface area contributed by atoms with Crippen molar-refractivity contribution in [3.05, 3.63) is 66.4 Å². The Balaban J connectivity index is 1.59. The van der Waals surface area contributed by atoms with Gasteiger partial charge in [-0.3, -0.25) is 14.4 Å². The van der Waals surface area contributed by atoms with Gasteiger partial charge >= 0.3 is 0 Å². The number of likely N-dealkylation sites (N-methyl/N-ethyl adjacent to an activating group) is 1. The van der Waals surface area contributed by atoms with Gasteiger partial charge in [0, 0.05) is 18.9 Å². The molecular weight excluding hydrogens is 350 g/mol. The molecule has 0 bridgehead atoms. The van der Waals surface area contributed by atoms with Crippen LogP contribution in [0.1, 0.15) is 21.0 Å². The van der Waals surface area contributed by atoms with Gasteiger partial charge in [-0.1, -0.05) is 0 Å². The molecule has 0 aliphatic heterocycles. The summed E-state index contributed by atoms with van der Waals surface area (Å²) in [6.45, 7) is -0.123. The normalized spacial score (nSPS) is 10.4. The van der Waals surface area contributed by atoms with Gasteiger partial charge in [0.05, 0.1) is 18.5 Å². The number of hydrogen-bond donors (Lipinski definition) is 2. The van der Waals surface area contributed by atoms with Crippen LogP contribution in [-0.2, 0) is 4.79 Å². The Bertz CT molecular complexity index is 960. The number of carbonyl (C=O) groups excluding carboxylic acids is 3. The Kier molecular flexibility index (Phi) is 5.02. The molecule has 9 nitrogen and oxygen atoms in total. The van der Waals surface area contributed by atoms with Crippen LogP contribution in [0.3, 0.4) is 0 Å². The number of nitrogens with two attached hydrogens (primary N) is 1. The molecule has 3 aromatic rings. The molecule has 0 radical (unpaired) electrons. The smallest absolute Gasteiger partial charge is 0.289 e. The summed E-state index contributed by atoms with van der Waals surface area (Å²) in [7, 11) is 1.52. The van der Waals surface area contributed by atoms with Crippen molar-refractivity contribution in [2.24, 2.45) is 5.73 Å². The number of primary amides is 1. The molecule has 2 heterocycles. The minimum Gasteiger partial charge on any atom is -0.459 e. The zero-order valence-corrected chi connectivity index (χ0v) is 14.5. The predicted octanol–water partition coefficient (Wildman–Crippen LogP) is 1.27. The van der Waals surface area contributed by atoms with Crippen LogP contribution in [0.5, 0.6) is 0 Å². The van der Waals surface area contributed by atoms with Gasteiger partial charge in [-0.15, -0.1) is 0 Å². The molecule has 0 atom stereocenters. The molecule has 3 N–H and O–H groups in total. The van der Waals surface area contributed by atoms with E-state index in [-0.39, 0.29) is 29.8 Å². The highest BCUT2D eigenvalue weighted by molar-refractivity contribution is 5.98. The summed E-state index contributed by atoms with van der Waals surface area (Å²) in [5.41, 5.74) is 6.60. The van der Waals surface area contributed by atoms with Crippen molar-refractivity contribution in [2.45, 2.75) is 0 Å². The Morgan fingerprint density at radius 1 is 1.19 bits per heavy atom. The second kappa shape index (κ2) is 7.56. The number of rotatable bonds is 6. The maximum atomic E-state index is 12.1. The molecule has 3 rings (SSSR count). The lowest BCUT2D eigenvalue weighted by Gasteiger charge is -2.15. The molecule has 3 amide bonds. The number of amides is 3. The van der Waals surface area contributed by atoms with Crippen LogP contribution in [0.15, 0.2) is 59.3 Å². The third-order valence-corrected chi connectivity index (χ3v) is 3.72. The minimum atomic E-state index is -0.606. The van der Waals surface area contributed by atoms with Crippen molar-refractivity contribution in [1.82, 2.24) is 14.7 Å². The summed E-state index contributed by atoms with van der Waals surface area (Å²) < 4.78 is 6.53. The van der Waals surface area contributed by atoms with E-state index in [4.69, 9.17) is 10.2 Å². The topological polar surface area (TPSA) is 123 Å². The van der Waals surface area contributed by atoms with E-state index in [9.17, 15) is 14.4 Å². The average Bonchev–Trinajstić information content (AvgIpc) is 3.33. The van der Waals surface area contributed by atoms with Crippen molar-refractivity contribution >= 4 is 23.4 Å². The molecule has 0 fully saturated rings. The lowest BCUT2D eigenvalue weighted by molar-refractivity contribution is -0.116. The molecule has 138 valence electrons. The van der Waals surface area contributed by atoms with Gasteiger partial charge in [0.2, 0.25) is 5.91 Å². The van der Waals surface area contributed by atoms with Gasteiger partial charge in [0.1, 0.15) is 5.69 Å². The Hall–Kier alpha value is -3.88. The first-order chi connectivity index (χ1) is 12.9. The van der Waals surface area contributed by atoms with Crippen LogP contribution < -0.4 is 11.1 Å². The molecular formula is C18H17N5O4. The number of nitrogens with one attached hydrogen (secondary N) is 1. The third kappa shape index (κ3) is 4.21. The first-order valence-corrected chi connectivity index (χ1v) is 7.99. The van der Waals surface area contributed by atoms with E-state index in [2.05, 4.69) is 10.4 Å². The third-order valence-electron chi connectivity index (χ3n) is 3.72. The van der Waals surface area contributed by atoms with Gasteiger partial charge in [0.25, 0.3) is 11.8 Å². The quantitative estimate of drug-likeness (QED) is 0.679. The van der Waals surface area contributed by atoms with Crippen LogP contribution in [0.25, 0.3) is 5.69 Å². The van der Waals surface area contributed by atoms with E-state index in [1.54, 1.807) is 36.5 Å². The van der Waals surface area contributed by atoms with Crippen LogP contribution >= 0.6 is 0 Å². The van der Waals surface area contributed by atoms with Gasteiger partial charge < -0.3 is 20.4 Å². The van der Waals surface area contributed by atoms with Crippen molar-refractivity contribution < 1.29 is 18.8 Å². The van der Waals surface area contributed by atoms with Crippen LogP contribution in [0.4, 0.5) is 5.69 Å². The predicted molar refractivity (Wildman–Crippen MR) is 96.4 cm³/mol. The average molecular weight is 367 g/mol. The van der Waals surface area contributed by atoms with Crippen LogP contribution in [0.2, 0.25) is 0 Å². The first-order valence-electron chi connectivity index (χ1n) is 7.99. The van der Waals surface area contributed by atoms with E-state index in [1.807, 2.05) is 0 Å². The fourth-order valence-corrected chi connectivity index (χ4v) is 2.37. The second-order valence-electron chi connectivity index (χ2n) is 5.74. The summed E-state index contributed by atoms with van der Waals surface area (Å²) in [5, 5.41) is 6.76. The van der Waals surface area contributed by atoms with Gasteiger partial charge in [-0.2, -0.15) is 5.10 Å². The van der Waals surface area contributed by atoms with Gasteiger partial charge in [-0.05, 0) is 42.5 Å². The number of nitrogens with zero attached hydrogens (tertiary/aromatic N) is 3. The minimum absolute atomic E-state index is 0.123. The largest absolute Gasteiger partial charge is 0.459 e. The maximum Gasteiger partial charge on any atom is 0.289 e. The molecule has 1 aromatic carbocycles. The standard InChI is InChI=1S/C18H17N5O4/c1-22(18(26)15-3-2-10-27-15)11-16(24)20-12-4-6-13(7-5-12)23-9-8-14(21-23)17(19)25/h2-10H,11H2,1H3,(H2,19,25)(H,20,24). The molecule has 0 saturated heterocycles. The number of carbonyl (C=O) groups is 3. The van der Waals surface area contributed by atoms with Crippen LogP contribution in [-0.4, -0.2) is 46.0 Å². The zero-order valence-electron chi connectivity index (χ0n) is 14.5. The summed E-state index contributed by atoms with van der Waals surface area (Å²) in [6, 6.07) is 11.5. The molecule has 0 aliphatic carbocycles. The fourth-order valence-electron chi connectivity index (χ4n) is 2.37. The number of benzene rings is 1. The van der Waals surface area contributed by atoms with E-state index >= 15 is 0 Å². The molecule has 27 heavy (non-hydrogen) atoms. The van der Waals surface area contributed by atoms with Gasteiger partial charge in [-0.25, -0.2) is 4.68 Å². The number of anilines is 1. The van der Waals surface area contributed by atoms with Crippen molar-refractivity contribution in [1.29, 1.82) is 0 Å². The highest BCUT2D eigenvalue weighted by atomic mass is 16.3. The van der Waals surface area contributed by atoms with Crippen molar-refractivity contribution in [3.63, 3.8) is 0 Å². The number of furan rings is 1. The lowest BCUT2D eigenvalue weighted by Crippen LogP contribution is -2.34. The first kappa shape index (κ1) is 17.9. The summed E-state index contributed by atoms with van der Waals surface area (Å²) in [4.78, 5) is 36.5. The van der Waals surface area contributed by atoms with E-state index in [0.717, 1.165) is 0 Å². The summed E-state index contributed by atoms with van der Waals surface area (Å²) in [6.07, 6.45) is 3.01. The second-order valence-corrected chi connectivity index (χ2v) is 5.74. The summed E-state index contributed by atoms with van der Waals surface area (Å²) in [5.74, 6) is -1.16. The molecule has 0 unspecified atom stereocenters. The molecule has 0 spiro atoms.